The number of rotatable bonds is 6. The monoisotopic (exact) mass is 263 g/mol. The average molecular weight is 265 g/mol. The third-order valence-electron chi connectivity index (χ3n) is 2.22. The van der Waals surface area contributed by atoms with Gasteiger partial charge in [0.15, 0.2) is 0 Å². The smallest absolute Gasteiger partial charge is 0 e. The molecule has 0 aliphatic carbocycles. The molecule has 3 heteroatoms. The van der Waals surface area contributed by atoms with Crippen LogP contribution in [0, 0.1) is 6.92 Å². The summed E-state index contributed by atoms with van der Waals surface area (Å²) in [7, 11) is 1.88. The fraction of sp³-hybridized carbons (Fsp3) is 0.917. The van der Waals surface area contributed by atoms with Crippen molar-refractivity contribution in [2.24, 2.45) is 0 Å². The van der Waals surface area contributed by atoms with Crippen LogP contribution in [-0.2, 0) is 19.5 Å². The molecule has 0 spiro atoms. The van der Waals surface area contributed by atoms with Gasteiger partial charge in [-0.1, -0.05) is 40.5 Å². The van der Waals surface area contributed by atoms with Gasteiger partial charge in [0.05, 0.1) is 0 Å². The van der Waals surface area contributed by atoms with Crippen LogP contribution in [0.3, 0.4) is 0 Å². The molecule has 0 bridgehead atoms. The molecule has 0 aromatic heterocycles. The summed E-state index contributed by atoms with van der Waals surface area (Å²) in [6.45, 7) is 13.7. The van der Waals surface area contributed by atoms with E-state index < -0.39 is 0 Å². The molecule has 0 aliphatic rings. The van der Waals surface area contributed by atoms with Gasteiger partial charge in [-0.05, 0) is 0 Å². The van der Waals surface area contributed by atoms with Crippen molar-refractivity contribution in [2.45, 2.75) is 65.6 Å². The van der Waals surface area contributed by atoms with Crippen LogP contribution in [0.4, 0.5) is 0 Å². The zero-order valence-corrected chi connectivity index (χ0v) is 14.4. The van der Waals surface area contributed by atoms with E-state index in [0.717, 1.165) is 12.8 Å². The van der Waals surface area contributed by atoms with Gasteiger partial charge in [-0.3, -0.25) is 0 Å². The molecule has 0 saturated carbocycles. The minimum atomic E-state index is 0. The predicted octanol–water partition coefficient (Wildman–Crippen LogP) is 4.17. The predicted molar refractivity (Wildman–Crippen MR) is 67.0 cm³/mol. The van der Waals surface area contributed by atoms with E-state index in [2.05, 4.69) is 45.3 Å². The minimum Gasteiger partial charge on any atom is -0.663 e. The van der Waals surface area contributed by atoms with Gasteiger partial charge < -0.3 is 17.6 Å². The maximum Gasteiger partial charge on any atom is 0 e. The molecule has 0 saturated heterocycles. The summed E-state index contributed by atoms with van der Waals surface area (Å²) in [5.74, 6) is 0. The Morgan fingerprint density at radius 2 is 1.47 bits per heavy atom. The Hall–Kier alpha value is 0.543. The van der Waals surface area contributed by atoms with E-state index >= 15 is 0 Å². The molecule has 0 aromatic carbocycles. The van der Waals surface area contributed by atoms with Crippen LogP contribution in [0.15, 0.2) is 0 Å². The Kier molecular flexibility index (Phi) is 20.3. The van der Waals surface area contributed by atoms with Crippen molar-refractivity contribution in [1.29, 1.82) is 0 Å². The van der Waals surface area contributed by atoms with Gasteiger partial charge in [0, 0.05) is 19.5 Å². The van der Waals surface area contributed by atoms with Crippen LogP contribution >= 0.6 is 0 Å². The number of hydrogen-bond donors (Lipinski definition) is 0. The van der Waals surface area contributed by atoms with Crippen molar-refractivity contribution < 1.29 is 19.5 Å². The second-order valence-corrected chi connectivity index (χ2v) is 3.60. The minimum absolute atomic E-state index is 0. The van der Waals surface area contributed by atoms with Crippen molar-refractivity contribution in [3.05, 3.63) is 17.6 Å². The first-order valence-electron chi connectivity index (χ1n) is 5.59. The topological polar surface area (TPSA) is 28.2 Å². The molecular weight excluding hydrogens is 238 g/mol. The van der Waals surface area contributed by atoms with Crippen LogP contribution < -0.4 is 0 Å². The Balaban J connectivity index is -0.000000449. The van der Waals surface area contributed by atoms with Gasteiger partial charge in [-0.25, -0.2) is 0 Å². The van der Waals surface area contributed by atoms with E-state index in [1.54, 1.807) is 6.92 Å². The summed E-state index contributed by atoms with van der Waals surface area (Å²) < 4.78 is 0. The average Bonchev–Trinajstić information content (AvgIpc) is 2.20. The van der Waals surface area contributed by atoms with Crippen LogP contribution in [-0.4, -0.2) is 25.2 Å². The molecule has 0 amide bonds. The Bertz CT molecular complexity index is 97.8. The second kappa shape index (κ2) is 14.5. The standard InChI is InChI=1S/C10H22N2.C2H5.Zn/c1-6-8(2)12-10(4)7-9(3)11-5;1-2;/h8-10H,6-7H2,1-5H3;1H2,2H3;/q-2;-1;. The summed E-state index contributed by atoms with van der Waals surface area (Å²) >= 11 is 0. The third-order valence-corrected chi connectivity index (χ3v) is 2.22. The molecule has 3 unspecified atom stereocenters. The van der Waals surface area contributed by atoms with Gasteiger partial charge in [0.1, 0.15) is 0 Å². The van der Waals surface area contributed by atoms with E-state index in [-0.39, 0.29) is 19.5 Å². The summed E-state index contributed by atoms with van der Waals surface area (Å²) in [6, 6.07) is 1.41. The van der Waals surface area contributed by atoms with E-state index in [9.17, 15) is 0 Å². The normalized spacial score (nSPS) is 15.4. The first kappa shape index (κ1) is 20.9. The fourth-order valence-corrected chi connectivity index (χ4v) is 1.20. The molecular formula is C12H27N2Zn-3. The van der Waals surface area contributed by atoms with Crippen LogP contribution in [0.1, 0.15) is 47.5 Å². The maximum absolute atomic E-state index is 4.62. The van der Waals surface area contributed by atoms with Gasteiger partial charge in [-0.2, -0.15) is 14.0 Å². The van der Waals surface area contributed by atoms with E-state index in [1.165, 1.54) is 0 Å². The molecule has 0 aliphatic heterocycles. The molecule has 0 N–H and O–H groups in total. The Morgan fingerprint density at radius 1 is 1.00 bits per heavy atom. The maximum atomic E-state index is 4.62. The second-order valence-electron chi connectivity index (χ2n) is 3.60. The van der Waals surface area contributed by atoms with Crippen molar-refractivity contribution in [2.75, 3.05) is 7.05 Å². The molecule has 90 valence electrons. The Morgan fingerprint density at radius 3 is 1.80 bits per heavy atom. The SMILES string of the molecule is CCC(C)[N-]C(C)CC(C)[N-]C.[CH2-]C.[Zn]. The Labute approximate surface area is 110 Å². The quantitative estimate of drug-likeness (QED) is 0.509. The molecule has 0 fully saturated rings. The molecule has 15 heavy (non-hydrogen) atoms. The first-order valence-corrected chi connectivity index (χ1v) is 5.59. The van der Waals surface area contributed by atoms with Gasteiger partial charge in [-0.15, -0.1) is 18.1 Å². The van der Waals surface area contributed by atoms with Gasteiger partial charge in [0.2, 0.25) is 0 Å². The van der Waals surface area contributed by atoms with Crippen molar-refractivity contribution in [3.8, 4) is 0 Å². The van der Waals surface area contributed by atoms with E-state index in [0.29, 0.717) is 18.1 Å². The van der Waals surface area contributed by atoms with Crippen LogP contribution in [0.25, 0.3) is 10.6 Å². The first-order chi connectivity index (χ1) is 6.60. The molecule has 0 rings (SSSR count). The van der Waals surface area contributed by atoms with Gasteiger partial charge in [0.25, 0.3) is 0 Å². The van der Waals surface area contributed by atoms with E-state index in [4.69, 9.17) is 0 Å². The van der Waals surface area contributed by atoms with Crippen molar-refractivity contribution >= 4 is 0 Å². The molecule has 0 aromatic rings. The summed E-state index contributed by atoms with van der Waals surface area (Å²) in [5.41, 5.74) is 0. The zero-order valence-electron chi connectivity index (χ0n) is 11.5. The van der Waals surface area contributed by atoms with Crippen LogP contribution in [0.2, 0.25) is 0 Å². The summed E-state index contributed by atoms with van der Waals surface area (Å²) in [6.07, 6.45) is 2.23. The zero-order chi connectivity index (χ0) is 11.6. The third kappa shape index (κ3) is 14.5. The van der Waals surface area contributed by atoms with Crippen molar-refractivity contribution in [3.63, 3.8) is 0 Å². The molecule has 3 atom stereocenters. The molecule has 2 nitrogen and oxygen atoms in total. The molecule has 0 heterocycles. The van der Waals surface area contributed by atoms with Gasteiger partial charge >= 0.3 is 0 Å². The van der Waals surface area contributed by atoms with E-state index in [1.807, 2.05) is 7.05 Å². The molecule has 0 radical (unpaired) electrons. The van der Waals surface area contributed by atoms with Crippen molar-refractivity contribution in [1.82, 2.24) is 0 Å². The largest absolute Gasteiger partial charge is 0.663 e. The number of hydrogen-bond acceptors (Lipinski definition) is 0. The summed E-state index contributed by atoms with van der Waals surface area (Å²) in [4.78, 5) is 0. The van der Waals surface area contributed by atoms with Crippen LogP contribution in [0.5, 0.6) is 0 Å². The summed E-state index contributed by atoms with van der Waals surface area (Å²) in [5, 5.41) is 8.82. The number of nitrogens with zero attached hydrogens (tertiary/aromatic N) is 2. The fourth-order valence-electron chi connectivity index (χ4n) is 1.20.